The number of likely N-dealkylation sites (tertiary alicyclic amines) is 1. The Morgan fingerprint density at radius 3 is 2.55 bits per heavy atom. The number of ether oxygens (including phenoxy) is 3. The van der Waals surface area contributed by atoms with Crippen LogP contribution in [-0.4, -0.2) is 145 Å². The molecule has 4 N–H and O–H groups in total. The number of aromatic hydroxyl groups is 1. The summed E-state index contributed by atoms with van der Waals surface area (Å²) in [6.45, 7) is 16.8. The molecule has 396 valence electrons. The van der Waals surface area contributed by atoms with Gasteiger partial charge in [0.15, 0.2) is 0 Å². The van der Waals surface area contributed by atoms with Crippen molar-refractivity contribution in [2.24, 2.45) is 11.3 Å². The number of aryl methyl sites for hydroxylation is 1. The first-order chi connectivity index (χ1) is 35.4. The highest BCUT2D eigenvalue weighted by Crippen LogP contribution is 2.42. The van der Waals surface area contributed by atoms with E-state index in [1.807, 2.05) is 33.8 Å². The second kappa shape index (κ2) is 21.5. The summed E-state index contributed by atoms with van der Waals surface area (Å²) in [6, 6.07) is 16.6. The number of cyclic esters (lactones) is 1. The largest absolute Gasteiger partial charge is 0.508 e. The van der Waals surface area contributed by atoms with Crippen molar-refractivity contribution >= 4 is 34.7 Å². The highest BCUT2D eigenvalue weighted by molar-refractivity contribution is 5.96. The Hall–Kier alpha value is -6.34. The lowest BCUT2D eigenvalue weighted by atomic mass is 9.83. The van der Waals surface area contributed by atoms with Gasteiger partial charge in [0.2, 0.25) is 5.91 Å². The number of carbonyl (C=O) groups is 4. The quantitative estimate of drug-likeness (QED) is 0.118. The van der Waals surface area contributed by atoms with Crippen molar-refractivity contribution in [3.63, 3.8) is 0 Å². The van der Waals surface area contributed by atoms with Gasteiger partial charge >= 0.3 is 17.7 Å². The molecule has 4 aliphatic heterocycles. The Kier molecular flexibility index (Phi) is 15.2. The number of phenolic OH excluding ortho intramolecular Hbond substituents is 1. The van der Waals surface area contributed by atoms with Gasteiger partial charge < -0.3 is 34.1 Å². The van der Waals surface area contributed by atoms with Gasteiger partial charge in [-0.25, -0.2) is 24.7 Å². The predicted molar refractivity (Wildman–Crippen MR) is 280 cm³/mol. The number of benzene rings is 3. The summed E-state index contributed by atoms with van der Waals surface area (Å²) in [6.07, 6.45) is 4.64. The Morgan fingerprint density at radius 1 is 1.03 bits per heavy atom. The van der Waals surface area contributed by atoms with Gasteiger partial charge in [0.25, 0.3) is 5.91 Å². The maximum absolute atomic E-state index is 15.1. The average molecular weight is 1020 g/mol. The average Bonchev–Trinajstić information content (AvgIpc) is 4.08. The van der Waals surface area contributed by atoms with Crippen molar-refractivity contribution < 1.29 is 38.5 Å². The minimum absolute atomic E-state index is 0.0169. The van der Waals surface area contributed by atoms with Gasteiger partial charge in [-0.3, -0.25) is 24.3 Å². The molecule has 3 aromatic carbocycles. The molecule has 3 amide bonds. The topological polar surface area (TPSA) is 206 Å². The van der Waals surface area contributed by atoms with E-state index in [0.717, 1.165) is 49.8 Å². The van der Waals surface area contributed by atoms with Gasteiger partial charge in [-0.1, -0.05) is 71.0 Å². The molecule has 3 fully saturated rings. The molecule has 0 radical (unpaired) electrons. The number of aromatic amines is 1. The van der Waals surface area contributed by atoms with E-state index in [-0.39, 0.29) is 49.2 Å². The zero-order chi connectivity index (χ0) is 52.6. The summed E-state index contributed by atoms with van der Waals surface area (Å²) in [5, 5.41) is 23.2. The molecule has 3 saturated heterocycles. The number of fused-ring (bicyclic) bond motifs is 6. The molecule has 5 aromatic rings. The number of nitrogens with zero attached hydrogens (tertiary/aromatic N) is 6. The second-order valence-electron chi connectivity index (χ2n) is 22.0. The molecular formula is C56H73N9O9. The van der Waals surface area contributed by atoms with E-state index in [0.29, 0.717) is 70.5 Å². The Balaban J connectivity index is 1.08. The molecule has 2 aromatic heterocycles. The van der Waals surface area contributed by atoms with Crippen LogP contribution in [0.1, 0.15) is 90.8 Å². The summed E-state index contributed by atoms with van der Waals surface area (Å²) in [5.74, 6) is -1.45. The van der Waals surface area contributed by atoms with Crippen molar-refractivity contribution in [1.82, 2.24) is 44.9 Å². The van der Waals surface area contributed by atoms with Crippen LogP contribution in [0.4, 0.5) is 4.79 Å². The van der Waals surface area contributed by atoms with Crippen LogP contribution in [0.2, 0.25) is 0 Å². The fraction of sp³-hybridized carbons (Fsp3) is 0.536. The van der Waals surface area contributed by atoms with Gasteiger partial charge in [-0.2, -0.15) is 5.10 Å². The molecule has 3 unspecified atom stereocenters. The number of hydrogen-bond acceptors (Lipinski definition) is 12. The first kappa shape index (κ1) is 52.5. The van der Waals surface area contributed by atoms with Crippen molar-refractivity contribution in [3.8, 4) is 28.1 Å². The van der Waals surface area contributed by atoms with Crippen molar-refractivity contribution in [1.29, 1.82) is 0 Å². The molecule has 6 bridgehead atoms. The van der Waals surface area contributed by atoms with E-state index in [9.17, 15) is 19.5 Å². The Labute approximate surface area is 432 Å². The van der Waals surface area contributed by atoms with Gasteiger partial charge in [-0.15, -0.1) is 0 Å². The highest BCUT2D eigenvalue weighted by atomic mass is 16.5. The maximum atomic E-state index is 15.1. The molecule has 9 rings (SSSR count). The maximum Gasteiger partial charge on any atom is 0.351 e. The smallest absolute Gasteiger partial charge is 0.351 e. The number of nitrogens with one attached hydrogen (secondary N) is 3. The van der Waals surface area contributed by atoms with Gasteiger partial charge in [0.05, 0.1) is 38.1 Å². The lowest BCUT2D eigenvalue weighted by molar-refractivity contribution is -0.157. The standard InChI is InChI=1S/C56H73N9O9/c1-9-40-27-56(31-63(40)54(71)64-33-57-59-53(64)70)30-62(35(5)29-74-56)48(34(3)4)50(67)58-46-24-36-22-39(25-41(66)23-36)38-17-18-47-43(26-38)44(49(61(47)10-2)42-15-12-11-14-37(42)19-21-72-8)28-55(6,7)32-73-52(69)45-16-13-20-65(60-45)51(46)68/h11-12,14-15,17-18,22-23,25-26,33-35,40,45-46,48,60,66H,9-10,13,16,19-21,24,27-32H2,1-8H3,(H,58,67)(H,59,70)/t35?,40?,45-,46-,48-,56?/m0/s1. The van der Waals surface area contributed by atoms with Crippen LogP contribution in [-0.2, 0) is 54.4 Å². The number of aromatic nitrogens is 4. The van der Waals surface area contributed by atoms with Crippen molar-refractivity contribution in [2.45, 2.75) is 136 Å². The molecule has 74 heavy (non-hydrogen) atoms. The Bertz CT molecular complexity index is 2960. The summed E-state index contributed by atoms with van der Waals surface area (Å²) in [4.78, 5) is 74.2. The minimum atomic E-state index is -1.12. The SMILES string of the molecule is CCC1CC2(CN1C(=O)n1cn[nH]c1=O)CN([C@H](C(=O)N[C@H]1Cc3cc(O)cc(c3)-c3ccc4c(c3)c(c(-c3ccccc3CCOC)n4CC)CC(C)(C)COC(=O)[C@@H]3CCCN(N3)C1=O)C(C)C)C(C)CO2. The van der Waals surface area contributed by atoms with E-state index in [2.05, 4.69) is 93.6 Å². The zero-order valence-corrected chi connectivity index (χ0v) is 44.1. The van der Waals surface area contributed by atoms with Crippen molar-refractivity contribution in [3.05, 3.63) is 94.2 Å². The molecule has 0 aliphatic carbocycles. The van der Waals surface area contributed by atoms with E-state index in [1.165, 1.54) is 16.9 Å². The molecule has 18 nitrogen and oxygen atoms in total. The summed E-state index contributed by atoms with van der Waals surface area (Å²) in [7, 11) is 1.71. The molecule has 0 saturated carbocycles. The lowest BCUT2D eigenvalue weighted by Gasteiger charge is -2.48. The normalized spacial score (nSPS) is 24.1. The molecule has 6 atom stereocenters. The molecule has 6 heterocycles. The zero-order valence-electron chi connectivity index (χ0n) is 44.1. The van der Waals surface area contributed by atoms with E-state index < -0.39 is 52.7 Å². The first-order valence-electron chi connectivity index (χ1n) is 26.4. The van der Waals surface area contributed by atoms with Crippen LogP contribution in [0, 0.1) is 11.3 Å². The minimum Gasteiger partial charge on any atom is -0.508 e. The fourth-order valence-electron chi connectivity index (χ4n) is 12.0. The van der Waals surface area contributed by atoms with Gasteiger partial charge in [-0.05, 0) is 110 Å². The van der Waals surface area contributed by atoms with Crippen LogP contribution in [0.25, 0.3) is 33.3 Å². The number of amides is 3. The van der Waals surface area contributed by atoms with Crippen LogP contribution in [0.3, 0.4) is 0 Å². The summed E-state index contributed by atoms with van der Waals surface area (Å²) in [5.41, 5.74) is 9.05. The molecular weight excluding hydrogens is 943 g/mol. The number of morpholine rings is 1. The number of hydrazine groups is 1. The van der Waals surface area contributed by atoms with Crippen LogP contribution < -0.4 is 16.4 Å². The first-order valence-corrected chi connectivity index (χ1v) is 26.4. The predicted octanol–water partition coefficient (Wildman–Crippen LogP) is 6.06. The highest BCUT2D eigenvalue weighted by Gasteiger charge is 2.52. The number of rotatable bonds is 10. The molecule has 4 aliphatic rings. The monoisotopic (exact) mass is 1020 g/mol. The summed E-state index contributed by atoms with van der Waals surface area (Å²) >= 11 is 0. The molecule has 18 heteroatoms. The van der Waals surface area contributed by atoms with Crippen LogP contribution in [0.15, 0.2) is 71.8 Å². The number of esters is 1. The number of phenols is 1. The third kappa shape index (κ3) is 10.5. The van der Waals surface area contributed by atoms with E-state index >= 15 is 9.59 Å². The van der Waals surface area contributed by atoms with Crippen LogP contribution >= 0.6 is 0 Å². The van der Waals surface area contributed by atoms with E-state index in [1.54, 1.807) is 24.1 Å². The van der Waals surface area contributed by atoms with Crippen molar-refractivity contribution in [2.75, 3.05) is 46.6 Å². The lowest BCUT2D eigenvalue weighted by Crippen LogP contribution is -2.65. The second-order valence-corrected chi connectivity index (χ2v) is 22.0. The number of H-pyrrole nitrogens is 1. The van der Waals surface area contributed by atoms with Crippen LogP contribution in [0.5, 0.6) is 5.75 Å². The Morgan fingerprint density at radius 2 is 1.82 bits per heavy atom. The third-order valence-electron chi connectivity index (χ3n) is 15.6. The summed E-state index contributed by atoms with van der Waals surface area (Å²) < 4.78 is 21.7. The van der Waals surface area contributed by atoms with Gasteiger partial charge in [0, 0.05) is 67.1 Å². The number of methoxy groups -OCH3 is 1. The number of hydrogen-bond donors (Lipinski definition) is 4. The van der Waals surface area contributed by atoms with Gasteiger partial charge in [0.1, 0.15) is 29.8 Å². The third-order valence-corrected chi connectivity index (χ3v) is 15.6. The van der Waals surface area contributed by atoms with E-state index in [4.69, 9.17) is 14.2 Å². The number of carbonyl (C=O) groups excluding carboxylic acids is 4. The molecule has 1 spiro atoms. The fourth-order valence-corrected chi connectivity index (χ4v) is 12.0.